The topological polar surface area (TPSA) is 63.6 Å². The molecule has 0 saturated carbocycles. The van der Waals surface area contributed by atoms with Crippen molar-refractivity contribution in [3.63, 3.8) is 0 Å². The summed E-state index contributed by atoms with van der Waals surface area (Å²) in [6.07, 6.45) is 1.78. The van der Waals surface area contributed by atoms with E-state index in [1.54, 1.807) is 0 Å². The number of hydrogen-bond acceptors (Lipinski definition) is 4. The molecule has 0 fully saturated rings. The molecule has 4 nitrogen and oxygen atoms in total. The molecule has 0 amide bonds. The molecule has 17 heavy (non-hydrogen) atoms. The van der Waals surface area contributed by atoms with Crippen molar-refractivity contribution in [2.45, 2.75) is 17.7 Å². The molecule has 0 aliphatic heterocycles. The maximum atomic E-state index is 13.3. The van der Waals surface area contributed by atoms with Crippen LogP contribution in [0.25, 0.3) is 0 Å². The largest absolute Gasteiger partial charge is 0.495 e. The number of sulfone groups is 1. The Labute approximate surface area is 100.0 Å². The van der Waals surface area contributed by atoms with Gasteiger partial charge in [-0.15, -0.1) is 0 Å². The van der Waals surface area contributed by atoms with E-state index in [1.807, 2.05) is 0 Å². The Morgan fingerprint density at radius 3 is 2.53 bits per heavy atom. The van der Waals surface area contributed by atoms with Gasteiger partial charge in [-0.3, -0.25) is 0 Å². The van der Waals surface area contributed by atoms with Crippen molar-refractivity contribution in [1.29, 1.82) is 0 Å². The second kappa shape index (κ2) is 5.46. The lowest BCUT2D eigenvalue weighted by atomic mass is 10.1. The molecule has 0 atom stereocenters. The van der Waals surface area contributed by atoms with Gasteiger partial charge in [0.1, 0.15) is 16.5 Å². The standard InChI is InChI=1S/C11H15FO4S/c1-16-11-8(4-3-5-13)6-9(12)7-10(11)17(2,14)15/h6-7,13H,3-5H2,1-2H3. The first-order chi connectivity index (χ1) is 7.90. The van der Waals surface area contributed by atoms with Crippen molar-refractivity contribution >= 4 is 9.84 Å². The molecule has 0 bridgehead atoms. The van der Waals surface area contributed by atoms with E-state index in [0.717, 1.165) is 12.3 Å². The van der Waals surface area contributed by atoms with Crippen molar-refractivity contribution in [3.8, 4) is 5.75 Å². The number of benzene rings is 1. The van der Waals surface area contributed by atoms with Gasteiger partial charge in [0.15, 0.2) is 9.84 Å². The quantitative estimate of drug-likeness (QED) is 0.865. The first-order valence-corrected chi connectivity index (χ1v) is 6.96. The van der Waals surface area contributed by atoms with Gasteiger partial charge in [-0.1, -0.05) is 0 Å². The molecule has 0 radical (unpaired) electrons. The van der Waals surface area contributed by atoms with Crippen molar-refractivity contribution in [3.05, 3.63) is 23.5 Å². The molecule has 1 aromatic rings. The highest BCUT2D eigenvalue weighted by Crippen LogP contribution is 2.30. The number of aliphatic hydroxyl groups is 1. The molecule has 0 saturated heterocycles. The Kier molecular flexibility index (Phi) is 4.47. The Morgan fingerprint density at radius 1 is 1.41 bits per heavy atom. The third-order valence-corrected chi connectivity index (χ3v) is 3.41. The Hall–Kier alpha value is -1.14. The van der Waals surface area contributed by atoms with Crippen molar-refractivity contribution < 1.29 is 22.7 Å². The SMILES string of the molecule is COc1c(CCCO)cc(F)cc1S(C)(=O)=O. The second-order valence-electron chi connectivity index (χ2n) is 3.70. The minimum atomic E-state index is -3.54. The monoisotopic (exact) mass is 262 g/mol. The fourth-order valence-electron chi connectivity index (χ4n) is 1.59. The van der Waals surface area contributed by atoms with Crippen LogP contribution in [0, 0.1) is 5.82 Å². The van der Waals surface area contributed by atoms with Crippen LogP contribution in [0.5, 0.6) is 5.75 Å². The molecule has 0 spiro atoms. The van der Waals surface area contributed by atoms with Crippen LogP contribution in [-0.4, -0.2) is 33.5 Å². The number of rotatable bonds is 5. The molecule has 0 aliphatic carbocycles. The lowest BCUT2D eigenvalue weighted by Crippen LogP contribution is -2.05. The molecule has 96 valence electrons. The Bertz CT molecular complexity index is 496. The normalized spacial score (nSPS) is 11.5. The summed E-state index contributed by atoms with van der Waals surface area (Å²) in [5.41, 5.74) is 0.446. The van der Waals surface area contributed by atoms with Crippen LogP contribution in [0.3, 0.4) is 0 Å². The number of hydrogen-bond donors (Lipinski definition) is 1. The predicted octanol–water partition coefficient (Wildman–Crippen LogP) is 1.16. The number of methoxy groups -OCH3 is 1. The zero-order chi connectivity index (χ0) is 13.1. The van der Waals surface area contributed by atoms with Crippen LogP contribution < -0.4 is 4.74 Å². The van der Waals surface area contributed by atoms with Crippen LogP contribution in [0.1, 0.15) is 12.0 Å². The third kappa shape index (κ3) is 3.41. The van der Waals surface area contributed by atoms with Crippen LogP contribution in [0.4, 0.5) is 4.39 Å². The third-order valence-electron chi connectivity index (χ3n) is 2.30. The molecule has 1 aromatic carbocycles. The predicted molar refractivity (Wildman–Crippen MR) is 61.5 cm³/mol. The summed E-state index contributed by atoms with van der Waals surface area (Å²) >= 11 is 0. The fraction of sp³-hybridized carbons (Fsp3) is 0.455. The highest BCUT2D eigenvalue weighted by Gasteiger charge is 2.19. The molecular weight excluding hydrogens is 247 g/mol. The number of halogens is 1. The summed E-state index contributed by atoms with van der Waals surface area (Å²) in [5, 5.41) is 8.74. The van der Waals surface area contributed by atoms with Crippen molar-refractivity contribution in [2.24, 2.45) is 0 Å². The molecule has 0 heterocycles. The molecule has 6 heteroatoms. The van der Waals surface area contributed by atoms with Gasteiger partial charge in [0.05, 0.1) is 7.11 Å². The smallest absolute Gasteiger partial charge is 0.179 e. The second-order valence-corrected chi connectivity index (χ2v) is 5.68. The zero-order valence-corrected chi connectivity index (χ0v) is 10.6. The van der Waals surface area contributed by atoms with E-state index in [-0.39, 0.29) is 17.3 Å². The van der Waals surface area contributed by atoms with E-state index in [2.05, 4.69) is 0 Å². The van der Waals surface area contributed by atoms with E-state index in [0.29, 0.717) is 18.4 Å². The maximum absolute atomic E-state index is 13.3. The zero-order valence-electron chi connectivity index (χ0n) is 9.73. The minimum Gasteiger partial charge on any atom is -0.495 e. The number of ether oxygens (including phenoxy) is 1. The molecule has 1 rings (SSSR count). The summed E-state index contributed by atoms with van der Waals surface area (Å²) in [6, 6.07) is 2.17. The fourth-order valence-corrected chi connectivity index (χ4v) is 2.46. The van der Waals surface area contributed by atoms with E-state index < -0.39 is 15.7 Å². The van der Waals surface area contributed by atoms with Gasteiger partial charge in [0, 0.05) is 12.9 Å². The first kappa shape index (κ1) is 13.9. The van der Waals surface area contributed by atoms with Gasteiger partial charge in [-0.05, 0) is 30.5 Å². The van der Waals surface area contributed by atoms with E-state index in [1.165, 1.54) is 13.2 Å². The van der Waals surface area contributed by atoms with E-state index in [4.69, 9.17) is 9.84 Å². The van der Waals surface area contributed by atoms with Crippen LogP contribution in [0.15, 0.2) is 17.0 Å². The Morgan fingerprint density at radius 2 is 2.06 bits per heavy atom. The molecule has 1 N–H and O–H groups in total. The number of aliphatic hydroxyl groups excluding tert-OH is 1. The average molecular weight is 262 g/mol. The number of aryl methyl sites for hydroxylation is 1. The van der Waals surface area contributed by atoms with Gasteiger partial charge < -0.3 is 9.84 Å². The molecule has 0 unspecified atom stereocenters. The maximum Gasteiger partial charge on any atom is 0.179 e. The molecule has 0 aliphatic rings. The van der Waals surface area contributed by atoms with Crippen LogP contribution in [0.2, 0.25) is 0 Å². The summed E-state index contributed by atoms with van der Waals surface area (Å²) in [5.74, 6) is -0.471. The van der Waals surface area contributed by atoms with Gasteiger partial charge in [-0.2, -0.15) is 0 Å². The minimum absolute atomic E-state index is 0.0477. The summed E-state index contributed by atoms with van der Waals surface area (Å²) < 4.78 is 41.3. The summed E-state index contributed by atoms with van der Waals surface area (Å²) in [7, 11) is -2.21. The van der Waals surface area contributed by atoms with Gasteiger partial charge in [0.25, 0.3) is 0 Å². The Balaban J connectivity index is 3.35. The van der Waals surface area contributed by atoms with E-state index in [9.17, 15) is 12.8 Å². The first-order valence-electron chi connectivity index (χ1n) is 5.07. The van der Waals surface area contributed by atoms with Gasteiger partial charge >= 0.3 is 0 Å². The highest BCUT2D eigenvalue weighted by molar-refractivity contribution is 7.90. The summed E-state index contributed by atoms with van der Waals surface area (Å²) in [6.45, 7) is -0.0477. The van der Waals surface area contributed by atoms with Gasteiger partial charge in [0.2, 0.25) is 0 Å². The molecule has 0 aromatic heterocycles. The summed E-state index contributed by atoms with van der Waals surface area (Å²) in [4.78, 5) is -0.159. The molecular formula is C11H15FO4S. The lowest BCUT2D eigenvalue weighted by molar-refractivity contribution is 0.287. The van der Waals surface area contributed by atoms with Crippen LogP contribution >= 0.6 is 0 Å². The highest BCUT2D eigenvalue weighted by atomic mass is 32.2. The lowest BCUT2D eigenvalue weighted by Gasteiger charge is -2.12. The average Bonchev–Trinajstić information content (AvgIpc) is 2.24. The van der Waals surface area contributed by atoms with Crippen molar-refractivity contribution in [1.82, 2.24) is 0 Å². The van der Waals surface area contributed by atoms with E-state index >= 15 is 0 Å². The van der Waals surface area contributed by atoms with Gasteiger partial charge in [-0.25, -0.2) is 12.8 Å². The van der Waals surface area contributed by atoms with Crippen LogP contribution in [-0.2, 0) is 16.3 Å². The van der Waals surface area contributed by atoms with Crippen molar-refractivity contribution in [2.75, 3.05) is 20.0 Å².